The highest BCUT2D eigenvalue weighted by Gasteiger charge is 2.15. The Kier molecular flexibility index (Phi) is 7.60. The second-order valence-corrected chi connectivity index (χ2v) is 6.95. The van der Waals surface area contributed by atoms with Crippen LogP contribution in [-0.2, 0) is 9.53 Å². The number of carbonyl (C=O) groups excluding carboxylic acids is 2. The lowest BCUT2D eigenvalue weighted by molar-refractivity contribution is -0.114. The molecule has 0 saturated carbocycles. The van der Waals surface area contributed by atoms with Gasteiger partial charge >= 0.3 is 5.97 Å². The van der Waals surface area contributed by atoms with E-state index >= 15 is 0 Å². The van der Waals surface area contributed by atoms with E-state index in [2.05, 4.69) is 5.32 Å². The number of benzene rings is 3. The highest BCUT2D eigenvalue weighted by atomic mass is 16.5. The third-order valence-electron chi connectivity index (χ3n) is 4.83. The minimum absolute atomic E-state index is 0.00310. The highest BCUT2D eigenvalue weighted by molar-refractivity contribution is 5.94. The fraction of sp³-hybridized carbons (Fsp3) is 0.154. The number of esters is 1. The zero-order chi connectivity index (χ0) is 22.1. The number of ketones is 1. The molecule has 3 aromatic carbocycles. The minimum atomic E-state index is -0.384. The maximum atomic E-state index is 12.7. The normalized spacial score (nSPS) is 11.7. The Morgan fingerprint density at radius 3 is 2.19 bits per heavy atom. The molecule has 0 radical (unpaired) electrons. The molecule has 0 heterocycles. The summed E-state index contributed by atoms with van der Waals surface area (Å²) in [6.45, 7) is 0. The number of hydrogen-bond acceptors (Lipinski definition) is 5. The first-order chi connectivity index (χ1) is 15.1. The summed E-state index contributed by atoms with van der Waals surface area (Å²) in [5.41, 5.74) is 3.22. The summed E-state index contributed by atoms with van der Waals surface area (Å²) in [6.07, 6.45) is 3.68. The van der Waals surface area contributed by atoms with Crippen LogP contribution in [0.2, 0.25) is 0 Å². The maximum Gasteiger partial charge on any atom is 0.337 e. The van der Waals surface area contributed by atoms with E-state index in [0.29, 0.717) is 5.56 Å². The minimum Gasteiger partial charge on any atom is -0.497 e. The molecule has 0 aromatic heterocycles. The topological polar surface area (TPSA) is 64.6 Å². The zero-order valence-electron chi connectivity index (χ0n) is 17.6. The second-order valence-electron chi connectivity index (χ2n) is 6.95. The fourth-order valence-corrected chi connectivity index (χ4v) is 3.13. The molecular weight excluding hydrogens is 390 g/mol. The summed E-state index contributed by atoms with van der Waals surface area (Å²) in [4.78, 5) is 24.3. The van der Waals surface area contributed by atoms with Crippen molar-refractivity contribution in [3.05, 3.63) is 102 Å². The van der Waals surface area contributed by atoms with Crippen molar-refractivity contribution in [2.75, 3.05) is 19.5 Å². The predicted octanol–water partition coefficient (Wildman–Crippen LogP) is 5.31. The second kappa shape index (κ2) is 10.8. The van der Waals surface area contributed by atoms with Gasteiger partial charge in [-0.25, -0.2) is 4.79 Å². The van der Waals surface area contributed by atoms with Crippen molar-refractivity contribution in [3.8, 4) is 5.75 Å². The molecule has 0 spiro atoms. The van der Waals surface area contributed by atoms with Gasteiger partial charge in [0.1, 0.15) is 5.75 Å². The standard InChI is InChI=1S/C26H25NO4/c1-30-24-16-9-19(10-17-24)8-15-23(28)18-25(20-6-4-3-5-7-20)27-22-13-11-21(12-14-22)26(29)31-2/h3-17,25,27H,18H2,1-2H3. The van der Waals surface area contributed by atoms with Crippen molar-refractivity contribution >= 4 is 23.5 Å². The van der Waals surface area contributed by atoms with Gasteiger partial charge in [0.05, 0.1) is 25.8 Å². The molecule has 158 valence electrons. The molecule has 0 bridgehead atoms. The van der Waals surface area contributed by atoms with Crippen molar-refractivity contribution < 1.29 is 19.1 Å². The molecule has 5 heteroatoms. The SMILES string of the molecule is COC(=O)c1ccc(NC(CC(=O)C=Cc2ccc(OC)cc2)c2ccccc2)cc1. The smallest absolute Gasteiger partial charge is 0.337 e. The van der Waals surface area contributed by atoms with E-state index in [1.807, 2.05) is 54.6 Å². The average molecular weight is 415 g/mol. The number of ether oxygens (including phenoxy) is 2. The number of rotatable bonds is 9. The van der Waals surface area contributed by atoms with E-state index in [9.17, 15) is 9.59 Å². The van der Waals surface area contributed by atoms with Crippen LogP contribution in [0.25, 0.3) is 6.08 Å². The molecular formula is C26H25NO4. The highest BCUT2D eigenvalue weighted by Crippen LogP contribution is 2.24. The zero-order valence-corrected chi connectivity index (χ0v) is 17.6. The Morgan fingerprint density at radius 1 is 0.903 bits per heavy atom. The molecule has 0 aliphatic rings. The summed E-state index contributed by atoms with van der Waals surface area (Å²) in [6, 6.07) is 24.1. The van der Waals surface area contributed by atoms with Crippen LogP contribution in [0.4, 0.5) is 5.69 Å². The lowest BCUT2D eigenvalue weighted by Crippen LogP contribution is -2.14. The van der Waals surface area contributed by atoms with Gasteiger partial charge in [0, 0.05) is 12.1 Å². The average Bonchev–Trinajstić information content (AvgIpc) is 2.83. The quantitative estimate of drug-likeness (QED) is 0.379. The maximum absolute atomic E-state index is 12.7. The van der Waals surface area contributed by atoms with Crippen LogP contribution in [0.15, 0.2) is 84.9 Å². The van der Waals surface area contributed by atoms with Gasteiger partial charge < -0.3 is 14.8 Å². The summed E-state index contributed by atoms with van der Waals surface area (Å²) in [5, 5.41) is 3.40. The van der Waals surface area contributed by atoms with Gasteiger partial charge in [-0.05, 0) is 53.6 Å². The Morgan fingerprint density at radius 2 is 1.58 bits per heavy atom. The summed E-state index contributed by atoms with van der Waals surface area (Å²) in [5.74, 6) is 0.392. The molecule has 3 rings (SSSR count). The molecule has 5 nitrogen and oxygen atoms in total. The number of allylic oxidation sites excluding steroid dienone is 1. The van der Waals surface area contributed by atoms with Crippen LogP contribution < -0.4 is 10.1 Å². The van der Waals surface area contributed by atoms with E-state index in [1.165, 1.54) is 7.11 Å². The number of carbonyl (C=O) groups is 2. The molecule has 0 aliphatic heterocycles. The van der Waals surface area contributed by atoms with Crippen LogP contribution in [0.5, 0.6) is 5.75 Å². The first-order valence-electron chi connectivity index (χ1n) is 9.94. The van der Waals surface area contributed by atoms with Crippen LogP contribution in [0.3, 0.4) is 0 Å². The third kappa shape index (κ3) is 6.31. The molecule has 0 aliphatic carbocycles. The van der Waals surface area contributed by atoms with E-state index in [0.717, 1.165) is 22.6 Å². The number of nitrogens with one attached hydrogen (secondary N) is 1. The Bertz CT molecular complexity index is 1030. The van der Waals surface area contributed by atoms with Crippen LogP contribution in [0, 0.1) is 0 Å². The van der Waals surface area contributed by atoms with Crippen LogP contribution >= 0.6 is 0 Å². The molecule has 1 unspecified atom stereocenters. The van der Waals surface area contributed by atoms with E-state index in [4.69, 9.17) is 9.47 Å². The molecule has 0 saturated heterocycles. The Hall–Kier alpha value is -3.86. The van der Waals surface area contributed by atoms with E-state index in [1.54, 1.807) is 43.5 Å². The van der Waals surface area contributed by atoms with E-state index in [-0.39, 0.29) is 24.2 Å². The number of anilines is 1. The summed E-state index contributed by atoms with van der Waals surface area (Å²) < 4.78 is 9.89. The van der Waals surface area contributed by atoms with Gasteiger partial charge in [-0.2, -0.15) is 0 Å². The van der Waals surface area contributed by atoms with Crippen LogP contribution in [-0.4, -0.2) is 26.0 Å². The monoisotopic (exact) mass is 415 g/mol. The van der Waals surface area contributed by atoms with E-state index < -0.39 is 0 Å². The molecule has 1 atom stereocenters. The van der Waals surface area contributed by atoms with Gasteiger partial charge in [0.15, 0.2) is 5.78 Å². The van der Waals surface area contributed by atoms with Crippen molar-refractivity contribution in [1.82, 2.24) is 0 Å². The van der Waals surface area contributed by atoms with Gasteiger partial charge in [-0.15, -0.1) is 0 Å². The molecule has 1 N–H and O–H groups in total. The van der Waals surface area contributed by atoms with Gasteiger partial charge in [-0.3, -0.25) is 4.79 Å². The third-order valence-corrected chi connectivity index (χ3v) is 4.83. The molecule has 3 aromatic rings. The Labute approximate surface area is 182 Å². The van der Waals surface area contributed by atoms with Crippen molar-refractivity contribution in [3.63, 3.8) is 0 Å². The number of hydrogen-bond donors (Lipinski definition) is 1. The summed E-state index contributed by atoms with van der Waals surface area (Å²) >= 11 is 0. The van der Waals surface area contributed by atoms with Crippen molar-refractivity contribution in [2.45, 2.75) is 12.5 Å². The largest absolute Gasteiger partial charge is 0.497 e. The fourth-order valence-electron chi connectivity index (χ4n) is 3.13. The van der Waals surface area contributed by atoms with Gasteiger partial charge in [0.25, 0.3) is 0 Å². The lowest BCUT2D eigenvalue weighted by Gasteiger charge is -2.19. The van der Waals surface area contributed by atoms with Crippen molar-refractivity contribution in [2.24, 2.45) is 0 Å². The van der Waals surface area contributed by atoms with Gasteiger partial charge in [0.2, 0.25) is 0 Å². The molecule has 0 fully saturated rings. The van der Waals surface area contributed by atoms with Gasteiger partial charge in [-0.1, -0.05) is 48.5 Å². The first kappa shape index (κ1) is 21.8. The lowest BCUT2D eigenvalue weighted by atomic mass is 10.00. The molecule has 0 amide bonds. The predicted molar refractivity (Wildman–Crippen MR) is 122 cm³/mol. The summed E-state index contributed by atoms with van der Waals surface area (Å²) in [7, 11) is 2.97. The number of methoxy groups -OCH3 is 2. The molecule has 31 heavy (non-hydrogen) atoms. The Balaban J connectivity index is 1.72. The van der Waals surface area contributed by atoms with Crippen molar-refractivity contribution in [1.29, 1.82) is 0 Å². The van der Waals surface area contributed by atoms with Crippen LogP contribution in [0.1, 0.15) is 33.9 Å². The first-order valence-corrected chi connectivity index (χ1v) is 9.94.